The molecule has 0 fully saturated rings. The van der Waals surface area contributed by atoms with Crippen molar-refractivity contribution >= 4 is 5.69 Å². The molecular weight excluding hydrogens is 390 g/mol. The number of rotatable bonds is 12. The molecule has 0 aliphatic heterocycles. The van der Waals surface area contributed by atoms with E-state index in [-0.39, 0.29) is 12.3 Å². The standard InChI is InChI=1S/C21H23N3O6/c25-9-10-28-11-12-29-13-14-30-20-7-5-18(6-8-20)23-15-21(22-16-23)17-1-3-19(4-2-17)24(26)27/h1-8,15-16,25H,9-14H2. The number of nitrogens with zero attached hydrogens (tertiary/aromatic N) is 3. The number of aliphatic hydroxyl groups excluding tert-OH is 1. The average Bonchev–Trinajstić information content (AvgIpc) is 3.26. The molecule has 9 nitrogen and oxygen atoms in total. The first kappa shape index (κ1) is 21.4. The van der Waals surface area contributed by atoms with Crippen LogP contribution in [0.3, 0.4) is 0 Å². The molecule has 0 saturated heterocycles. The molecule has 0 radical (unpaired) electrons. The second-order valence-corrected chi connectivity index (χ2v) is 6.26. The van der Waals surface area contributed by atoms with Gasteiger partial charge in [0.25, 0.3) is 5.69 Å². The predicted molar refractivity (Wildman–Crippen MR) is 110 cm³/mol. The van der Waals surface area contributed by atoms with Crippen LogP contribution in [0.15, 0.2) is 61.1 Å². The van der Waals surface area contributed by atoms with Gasteiger partial charge < -0.3 is 23.9 Å². The SMILES string of the molecule is O=[N+]([O-])c1ccc(-c2cn(-c3ccc(OCCOCCOCCO)cc3)cn2)cc1. The van der Waals surface area contributed by atoms with Gasteiger partial charge in [0.1, 0.15) is 12.4 Å². The Hall–Kier alpha value is -3.27. The van der Waals surface area contributed by atoms with Crippen LogP contribution in [0.25, 0.3) is 16.9 Å². The van der Waals surface area contributed by atoms with Crippen LogP contribution < -0.4 is 4.74 Å². The molecule has 0 spiro atoms. The minimum Gasteiger partial charge on any atom is -0.491 e. The fourth-order valence-electron chi connectivity index (χ4n) is 2.69. The van der Waals surface area contributed by atoms with E-state index in [1.165, 1.54) is 12.1 Å². The van der Waals surface area contributed by atoms with E-state index < -0.39 is 4.92 Å². The molecule has 0 aliphatic rings. The van der Waals surface area contributed by atoms with Crippen LogP contribution >= 0.6 is 0 Å². The Morgan fingerprint density at radius 3 is 2.27 bits per heavy atom. The van der Waals surface area contributed by atoms with Crippen LogP contribution in [0.1, 0.15) is 0 Å². The molecule has 0 unspecified atom stereocenters. The van der Waals surface area contributed by atoms with Crippen LogP contribution in [-0.4, -0.2) is 59.2 Å². The molecule has 1 aromatic heterocycles. The van der Waals surface area contributed by atoms with Crippen molar-refractivity contribution in [2.24, 2.45) is 0 Å². The Morgan fingerprint density at radius 1 is 0.933 bits per heavy atom. The van der Waals surface area contributed by atoms with Crippen molar-refractivity contribution in [2.75, 3.05) is 39.6 Å². The number of aromatic nitrogens is 2. The highest BCUT2D eigenvalue weighted by Gasteiger charge is 2.08. The summed E-state index contributed by atoms with van der Waals surface area (Å²) in [7, 11) is 0. The fraction of sp³-hybridized carbons (Fsp3) is 0.286. The van der Waals surface area contributed by atoms with E-state index in [1.807, 2.05) is 35.0 Å². The molecule has 1 N–H and O–H groups in total. The Balaban J connectivity index is 1.49. The summed E-state index contributed by atoms with van der Waals surface area (Å²) in [5.41, 5.74) is 2.50. The Labute approximate surface area is 173 Å². The molecule has 0 amide bonds. The van der Waals surface area contributed by atoms with E-state index in [2.05, 4.69) is 4.98 Å². The first-order chi connectivity index (χ1) is 14.7. The maximum absolute atomic E-state index is 10.8. The van der Waals surface area contributed by atoms with Gasteiger partial charge >= 0.3 is 0 Å². The highest BCUT2D eigenvalue weighted by molar-refractivity contribution is 5.60. The van der Waals surface area contributed by atoms with Crippen LogP contribution in [0.4, 0.5) is 5.69 Å². The number of non-ortho nitro benzene ring substituents is 1. The third kappa shape index (κ3) is 6.11. The van der Waals surface area contributed by atoms with Gasteiger partial charge in [0, 0.05) is 29.6 Å². The minimum absolute atomic E-state index is 0.0105. The molecule has 3 rings (SSSR count). The number of benzene rings is 2. The third-order valence-electron chi connectivity index (χ3n) is 4.20. The monoisotopic (exact) mass is 413 g/mol. The second-order valence-electron chi connectivity index (χ2n) is 6.26. The normalized spacial score (nSPS) is 10.8. The average molecular weight is 413 g/mol. The number of hydrogen-bond donors (Lipinski definition) is 1. The van der Waals surface area contributed by atoms with Gasteiger partial charge in [-0.3, -0.25) is 10.1 Å². The predicted octanol–water partition coefficient (Wildman–Crippen LogP) is 2.85. The summed E-state index contributed by atoms with van der Waals surface area (Å²) in [6.45, 7) is 2.11. The zero-order valence-corrected chi connectivity index (χ0v) is 16.3. The summed E-state index contributed by atoms with van der Waals surface area (Å²) in [6.07, 6.45) is 3.56. The van der Waals surface area contributed by atoms with Crippen LogP contribution in [0, 0.1) is 10.1 Å². The van der Waals surface area contributed by atoms with E-state index in [0.29, 0.717) is 33.0 Å². The van der Waals surface area contributed by atoms with Gasteiger partial charge in [-0.25, -0.2) is 4.98 Å². The topological polar surface area (TPSA) is 109 Å². The number of nitro groups is 1. The summed E-state index contributed by atoms with van der Waals surface area (Å²) in [5.74, 6) is 0.731. The van der Waals surface area contributed by atoms with Crippen LogP contribution in [0.5, 0.6) is 5.75 Å². The number of nitro benzene ring substituents is 1. The first-order valence-electron chi connectivity index (χ1n) is 9.46. The van der Waals surface area contributed by atoms with Gasteiger partial charge in [-0.2, -0.15) is 0 Å². The van der Waals surface area contributed by atoms with Crippen molar-refractivity contribution in [2.45, 2.75) is 0 Å². The van der Waals surface area contributed by atoms with E-state index in [4.69, 9.17) is 19.3 Å². The van der Waals surface area contributed by atoms with Gasteiger partial charge in [0.2, 0.25) is 0 Å². The summed E-state index contributed by atoms with van der Waals surface area (Å²) in [6, 6.07) is 13.9. The van der Waals surface area contributed by atoms with Crippen molar-refractivity contribution < 1.29 is 24.2 Å². The van der Waals surface area contributed by atoms with Gasteiger partial charge in [-0.15, -0.1) is 0 Å². The zero-order valence-electron chi connectivity index (χ0n) is 16.3. The molecule has 3 aromatic rings. The first-order valence-corrected chi connectivity index (χ1v) is 9.46. The summed E-state index contributed by atoms with van der Waals surface area (Å²) in [5, 5.41) is 19.4. The summed E-state index contributed by atoms with van der Waals surface area (Å²) in [4.78, 5) is 14.7. The van der Waals surface area contributed by atoms with Gasteiger partial charge in [0.05, 0.1) is 50.0 Å². The van der Waals surface area contributed by atoms with E-state index in [1.54, 1.807) is 18.5 Å². The van der Waals surface area contributed by atoms with Gasteiger partial charge in [-0.05, 0) is 36.4 Å². The lowest BCUT2D eigenvalue weighted by molar-refractivity contribution is -0.384. The Bertz CT molecular complexity index is 925. The molecule has 0 atom stereocenters. The zero-order chi connectivity index (χ0) is 21.2. The van der Waals surface area contributed by atoms with Crippen molar-refractivity contribution in [3.63, 3.8) is 0 Å². The smallest absolute Gasteiger partial charge is 0.269 e. The van der Waals surface area contributed by atoms with Crippen molar-refractivity contribution in [1.29, 1.82) is 0 Å². The van der Waals surface area contributed by atoms with Crippen LogP contribution in [-0.2, 0) is 9.47 Å². The fourth-order valence-corrected chi connectivity index (χ4v) is 2.69. The highest BCUT2D eigenvalue weighted by Crippen LogP contribution is 2.22. The van der Waals surface area contributed by atoms with E-state index in [9.17, 15) is 10.1 Å². The number of aliphatic hydroxyl groups is 1. The maximum atomic E-state index is 10.8. The lowest BCUT2D eigenvalue weighted by atomic mass is 10.1. The largest absolute Gasteiger partial charge is 0.491 e. The van der Waals surface area contributed by atoms with Crippen molar-refractivity contribution in [3.05, 3.63) is 71.2 Å². The van der Waals surface area contributed by atoms with Gasteiger partial charge in [-0.1, -0.05) is 0 Å². The lowest BCUT2D eigenvalue weighted by Crippen LogP contribution is -2.11. The van der Waals surface area contributed by atoms with Crippen molar-refractivity contribution in [3.8, 4) is 22.7 Å². The lowest BCUT2D eigenvalue weighted by Gasteiger charge is -2.08. The Kier molecular flexibility index (Phi) is 7.90. The number of hydrogen-bond acceptors (Lipinski definition) is 7. The molecule has 158 valence electrons. The molecule has 9 heteroatoms. The van der Waals surface area contributed by atoms with Crippen molar-refractivity contribution in [1.82, 2.24) is 9.55 Å². The molecule has 0 aliphatic carbocycles. The Morgan fingerprint density at radius 2 is 1.60 bits per heavy atom. The molecule has 0 saturated carbocycles. The van der Waals surface area contributed by atoms with Gasteiger partial charge in [0.15, 0.2) is 0 Å². The quantitative estimate of drug-likeness (QED) is 0.276. The van der Waals surface area contributed by atoms with Crippen LogP contribution in [0.2, 0.25) is 0 Å². The summed E-state index contributed by atoms with van der Waals surface area (Å²) >= 11 is 0. The third-order valence-corrected chi connectivity index (χ3v) is 4.20. The summed E-state index contributed by atoms with van der Waals surface area (Å²) < 4.78 is 18.0. The molecular formula is C21H23N3O6. The molecule has 2 aromatic carbocycles. The molecule has 1 heterocycles. The maximum Gasteiger partial charge on any atom is 0.269 e. The second kappa shape index (κ2) is 11.1. The highest BCUT2D eigenvalue weighted by atomic mass is 16.6. The molecule has 30 heavy (non-hydrogen) atoms. The number of ether oxygens (including phenoxy) is 3. The van der Waals surface area contributed by atoms with E-state index >= 15 is 0 Å². The molecule has 0 bridgehead atoms. The minimum atomic E-state index is -0.425. The number of imidazole rings is 1. The van der Waals surface area contributed by atoms with E-state index in [0.717, 1.165) is 22.7 Å².